The number of carbonyl (C=O) groups is 1. The second-order valence-electron chi connectivity index (χ2n) is 7.21. The van der Waals surface area contributed by atoms with E-state index in [2.05, 4.69) is 10.4 Å². The molecule has 2 aromatic carbocycles. The number of halogens is 2. The van der Waals surface area contributed by atoms with Crippen molar-refractivity contribution >= 4 is 18.3 Å². The first-order valence-electron chi connectivity index (χ1n) is 9.53. The molecule has 0 radical (unpaired) electrons. The molecule has 1 aromatic heterocycles. The van der Waals surface area contributed by atoms with Gasteiger partial charge >= 0.3 is 0 Å². The van der Waals surface area contributed by atoms with Crippen LogP contribution in [0.15, 0.2) is 60.8 Å². The molecular weight excluding hydrogens is 391 g/mol. The number of carbonyl (C=O) groups excluding carboxylic acids is 1. The van der Waals surface area contributed by atoms with E-state index < -0.39 is 0 Å². The molecule has 1 saturated carbocycles. The van der Waals surface area contributed by atoms with Crippen molar-refractivity contribution in [1.29, 1.82) is 0 Å². The molecule has 0 spiro atoms. The van der Waals surface area contributed by atoms with Gasteiger partial charge in [0.1, 0.15) is 5.82 Å². The topological polar surface area (TPSA) is 72.9 Å². The van der Waals surface area contributed by atoms with E-state index in [0.717, 1.165) is 29.7 Å². The van der Waals surface area contributed by atoms with Crippen molar-refractivity contribution < 1.29 is 9.18 Å². The van der Waals surface area contributed by atoms with Crippen molar-refractivity contribution in [2.45, 2.75) is 25.3 Å². The van der Waals surface area contributed by atoms with Gasteiger partial charge in [-0.05, 0) is 55.2 Å². The van der Waals surface area contributed by atoms with Crippen LogP contribution in [0.25, 0.3) is 16.9 Å². The van der Waals surface area contributed by atoms with Crippen LogP contribution in [0, 0.1) is 11.7 Å². The lowest BCUT2D eigenvalue weighted by atomic mass is 10.1. The van der Waals surface area contributed by atoms with E-state index in [9.17, 15) is 9.18 Å². The second kappa shape index (κ2) is 9.20. The number of benzene rings is 2. The molecule has 7 heteroatoms. The monoisotopic (exact) mass is 414 g/mol. The smallest absolute Gasteiger partial charge is 0.224 e. The zero-order valence-corrected chi connectivity index (χ0v) is 16.7. The lowest BCUT2D eigenvalue weighted by Crippen LogP contribution is -2.42. The number of nitrogens with two attached hydrogens (primary N) is 1. The van der Waals surface area contributed by atoms with Gasteiger partial charge in [0.25, 0.3) is 0 Å². The Morgan fingerprint density at radius 2 is 1.86 bits per heavy atom. The molecule has 4 rings (SSSR count). The van der Waals surface area contributed by atoms with Crippen LogP contribution >= 0.6 is 12.4 Å². The third-order valence-corrected chi connectivity index (χ3v) is 5.07. The van der Waals surface area contributed by atoms with Gasteiger partial charge in [-0.2, -0.15) is 5.10 Å². The number of rotatable bonds is 7. The highest BCUT2D eigenvalue weighted by molar-refractivity contribution is 5.85. The summed E-state index contributed by atoms with van der Waals surface area (Å²) in [6, 6.07) is 15.9. The SMILES string of the molecule is Cl.NCC(NC(=O)Cc1cn(-c2ccccc2)nc1-c1ccc(F)cc1)C1CC1. The fourth-order valence-corrected chi connectivity index (χ4v) is 3.40. The Labute approximate surface area is 175 Å². The number of nitrogens with zero attached hydrogens (tertiary/aromatic N) is 2. The second-order valence-corrected chi connectivity index (χ2v) is 7.21. The Bertz CT molecular complexity index is 955. The van der Waals surface area contributed by atoms with Crippen LogP contribution in [0.4, 0.5) is 4.39 Å². The molecule has 3 aromatic rings. The van der Waals surface area contributed by atoms with Crippen molar-refractivity contribution in [2.75, 3.05) is 6.54 Å². The minimum Gasteiger partial charge on any atom is -0.352 e. The Kier molecular flexibility index (Phi) is 6.67. The molecule has 0 saturated heterocycles. The molecule has 0 bridgehead atoms. The van der Waals surface area contributed by atoms with Gasteiger partial charge in [0.2, 0.25) is 5.91 Å². The summed E-state index contributed by atoms with van der Waals surface area (Å²) in [5.41, 5.74) is 8.94. The average Bonchev–Trinajstić information content (AvgIpc) is 3.48. The fraction of sp³-hybridized carbons (Fsp3) is 0.273. The number of aromatic nitrogens is 2. The number of para-hydroxylation sites is 1. The van der Waals surface area contributed by atoms with E-state index >= 15 is 0 Å². The van der Waals surface area contributed by atoms with Crippen LogP contribution in [-0.4, -0.2) is 28.3 Å². The van der Waals surface area contributed by atoms with Crippen molar-refractivity contribution in [3.63, 3.8) is 0 Å². The zero-order chi connectivity index (χ0) is 19.5. The Hall–Kier alpha value is -2.70. The van der Waals surface area contributed by atoms with E-state index in [1.165, 1.54) is 12.1 Å². The lowest BCUT2D eigenvalue weighted by Gasteiger charge is -2.15. The van der Waals surface area contributed by atoms with Crippen molar-refractivity contribution in [3.05, 3.63) is 72.2 Å². The molecule has 0 aliphatic heterocycles. The summed E-state index contributed by atoms with van der Waals surface area (Å²) in [5.74, 6) is 0.122. The normalized spacial score (nSPS) is 14.1. The summed E-state index contributed by atoms with van der Waals surface area (Å²) in [6.07, 6.45) is 4.30. The maximum absolute atomic E-state index is 13.3. The third kappa shape index (κ3) is 5.02. The van der Waals surface area contributed by atoms with Gasteiger partial charge in [0, 0.05) is 29.9 Å². The minimum atomic E-state index is -0.305. The van der Waals surface area contributed by atoms with Crippen molar-refractivity contribution in [3.8, 4) is 16.9 Å². The molecule has 3 N–H and O–H groups in total. The molecule has 1 amide bonds. The quantitative estimate of drug-likeness (QED) is 0.621. The van der Waals surface area contributed by atoms with Gasteiger partial charge in [-0.3, -0.25) is 4.79 Å². The number of hydrogen-bond acceptors (Lipinski definition) is 3. The van der Waals surface area contributed by atoms with Gasteiger partial charge in [0.05, 0.1) is 17.8 Å². The average molecular weight is 415 g/mol. The molecule has 1 aliphatic carbocycles. The Morgan fingerprint density at radius 3 is 2.48 bits per heavy atom. The summed E-state index contributed by atoms with van der Waals surface area (Å²) in [6.45, 7) is 0.449. The van der Waals surface area contributed by atoms with Crippen molar-refractivity contribution in [2.24, 2.45) is 11.7 Å². The van der Waals surface area contributed by atoms with Gasteiger partial charge < -0.3 is 11.1 Å². The van der Waals surface area contributed by atoms with Gasteiger partial charge in [-0.1, -0.05) is 18.2 Å². The largest absolute Gasteiger partial charge is 0.352 e. The molecule has 1 atom stereocenters. The van der Waals surface area contributed by atoms with E-state index in [0.29, 0.717) is 18.2 Å². The number of hydrogen-bond donors (Lipinski definition) is 2. The van der Waals surface area contributed by atoms with Crippen LogP contribution in [0.3, 0.4) is 0 Å². The highest BCUT2D eigenvalue weighted by atomic mass is 35.5. The first-order chi connectivity index (χ1) is 13.6. The number of amides is 1. The summed E-state index contributed by atoms with van der Waals surface area (Å²) >= 11 is 0. The van der Waals surface area contributed by atoms with Crippen LogP contribution in [0.5, 0.6) is 0 Å². The predicted octanol–water partition coefficient (Wildman–Crippen LogP) is 3.50. The third-order valence-electron chi connectivity index (χ3n) is 5.07. The van der Waals surface area contributed by atoms with Crippen molar-refractivity contribution in [1.82, 2.24) is 15.1 Å². The highest BCUT2D eigenvalue weighted by Gasteiger charge is 2.31. The Morgan fingerprint density at radius 1 is 1.17 bits per heavy atom. The summed E-state index contributed by atoms with van der Waals surface area (Å²) in [5, 5.41) is 7.72. The molecular formula is C22H24ClFN4O. The van der Waals surface area contributed by atoms with Crippen LogP contribution in [-0.2, 0) is 11.2 Å². The standard InChI is InChI=1S/C22H23FN4O.ClH/c23-18-10-8-16(9-11-18)22-17(12-21(28)25-20(13-24)15-6-7-15)14-27(26-22)19-4-2-1-3-5-19;/h1-5,8-11,14-15,20H,6-7,12-13,24H2,(H,25,28);1H. The van der Waals surface area contributed by atoms with E-state index in [1.807, 2.05) is 36.5 Å². The predicted molar refractivity (Wildman–Crippen MR) is 114 cm³/mol. The Balaban J connectivity index is 0.00000240. The van der Waals surface area contributed by atoms with Crippen LogP contribution < -0.4 is 11.1 Å². The highest BCUT2D eigenvalue weighted by Crippen LogP contribution is 2.32. The molecule has 1 unspecified atom stereocenters. The summed E-state index contributed by atoms with van der Waals surface area (Å²) < 4.78 is 15.1. The van der Waals surface area contributed by atoms with Gasteiger partial charge in [-0.25, -0.2) is 9.07 Å². The molecule has 1 heterocycles. The molecule has 1 fully saturated rings. The summed E-state index contributed by atoms with van der Waals surface area (Å²) in [7, 11) is 0. The zero-order valence-electron chi connectivity index (χ0n) is 15.9. The van der Waals surface area contributed by atoms with E-state index in [-0.39, 0.29) is 36.6 Å². The molecule has 152 valence electrons. The molecule has 5 nitrogen and oxygen atoms in total. The van der Waals surface area contributed by atoms with Crippen LogP contribution in [0.2, 0.25) is 0 Å². The fourth-order valence-electron chi connectivity index (χ4n) is 3.40. The minimum absolute atomic E-state index is 0. The number of nitrogens with one attached hydrogen (secondary N) is 1. The first-order valence-corrected chi connectivity index (χ1v) is 9.53. The first kappa shape index (κ1) is 21.0. The maximum atomic E-state index is 13.3. The van der Waals surface area contributed by atoms with Gasteiger partial charge in [-0.15, -0.1) is 12.4 Å². The van der Waals surface area contributed by atoms with Crippen LogP contribution in [0.1, 0.15) is 18.4 Å². The van der Waals surface area contributed by atoms with Gasteiger partial charge in [0.15, 0.2) is 0 Å². The van der Waals surface area contributed by atoms with E-state index in [1.54, 1.807) is 16.8 Å². The van der Waals surface area contributed by atoms with E-state index in [4.69, 9.17) is 5.73 Å². The lowest BCUT2D eigenvalue weighted by molar-refractivity contribution is -0.121. The molecule has 29 heavy (non-hydrogen) atoms. The molecule has 1 aliphatic rings. The summed E-state index contributed by atoms with van der Waals surface area (Å²) in [4.78, 5) is 12.6. The maximum Gasteiger partial charge on any atom is 0.224 e.